The van der Waals surface area contributed by atoms with Crippen LogP contribution in [-0.4, -0.2) is 46.9 Å². The van der Waals surface area contributed by atoms with E-state index in [1.807, 2.05) is 36.5 Å². The molecule has 0 aromatic rings. The van der Waals surface area contributed by atoms with Crippen LogP contribution in [0.3, 0.4) is 0 Å². The SMILES string of the molecule is CC/C=C/C=C/C=C\C=C/CCCC(CC(=O)NC(CO)C(O)CCCCCCCCCCCCCC)OC(=O)CCCCCCC/C=C/CCCCCCCCCCC. The summed E-state index contributed by atoms with van der Waals surface area (Å²) in [5.74, 6) is -0.550. The highest BCUT2D eigenvalue weighted by atomic mass is 16.5. The number of carbonyl (C=O) groups is 2. The first-order valence-corrected chi connectivity index (χ1v) is 25.6. The van der Waals surface area contributed by atoms with E-state index in [9.17, 15) is 19.8 Å². The van der Waals surface area contributed by atoms with E-state index in [4.69, 9.17) is 4.74 Å². The fourth-order valence-electron chi connectivity index (χ4n) is 7.56. The van der Waals surface area contributed by atoms with Crippen molar-refractivity contribution in [3.63, 3.8) is 0 Å². The number of amides is 1. The van der Waals surface area contributed by atoms with E-state index in [0.29, 0.717) is 19.3 Å². The van der Waals surface area contributed by atoms with Crippen molar-refractivity contribution in [2.24, 2.45) is 0 Å². The third-order valence-electron chi connectivity index (χ3n) is 11.4. The van der Waals surface area contributed by atoms with Crippen LogP contribution in [0.5, 0.6) is 0 Å². The van der Waals surface area contributed by atoms with Crippen LogP contribution >= 0.6 is 0 Å². The molecule has 0 heterocycles. The van der Waals surface area contributed by atoms with Crippen LogP contribution in [0.2, 0.25) is 0 Å². The van der Waals surface area contributed by atoms with Crippen molar-refractivity contribution >= 4 is 11.9 Å². The summed E-state index contributed by atoms with van der Waals surface area (Å²) in [4.78, 5) is 26.1. The molecule has 60 heavy (non-hydrogen) atoms. The highest BCUT2D eigenvalue weighted by Crippen LogP contribution is 2.17. The van der Waals surface area contributed by atoms with Crippen LogP contribution < -0.4 is 5.32 Å². The standard InChI is InChI=1S/C54H97NO5/c1-4-7-10-13-16-19-22-24-25-26-27-28-29-32-35-38-41-44-47-54(59)60-50(45-42-39-36-33-30-21-18-15-12-9-6-3)48-53(58)55-51(49-56)52(57)46-43-40-37-34-31-23-20-17-14-11-8-5-2/h9,12,15,18,21,27-28,30,33,36,50-52,56-57H,4-8,10-11,13-14,16-17,19-20,22-26,29,31-32,34-35,37-49H2,1-3H3,(H,55,58)/b12-9+,18-15+,28-27+,30-21-,36-33-. The second kappa shape index (κ2) is 47.6. The molecule has 0 aromatic heterocycles. The summed E-state index contributed by atoms with van der Waals surface area (Å²) in [7, 11) is 0. The molecular formula is C54H97NO5. The van der Waals surface area contributed by atoms with E-state index >= 15 is 0 Å². The lowest BCUT2D eigenvalue weighted by molar-refractivity contribution is -0.151. The Morgan fingerprint density at radius 1 is 0.500 bits per heavy atom. The topological polar surface area (TPSA) is 95.9 Å². The van der Waals surface area contributed by atoms with Crippen LogP contribution in [0.25, 0.3) is 0 Å². The molecule has 348 valence electrons. The molecule has 0 radical (unpaired) electrons. The van der Waals surface area contributed by atoms with Gasteiger partial charge in [0.05, 0.1) is 25.2 Å². The average molecular weight is 840 g/mol. The molecule has 0 spiro atoms. The van der Waals surface area contributed by atoms with Crippen molar-refractivity contribution in [3.05, 3.63) is 60.8 Å². The van der Waals surface area contributed by atoms with Crippen molar-refractivity contribution in [1.82, 2.24) is 5.32 Å². The number of hydrogen-bond donors (Lipinski definition) is 3. The van der Waals surface area contributed by atoms with Gasteiger partial charge in [-0.2, -0.15) is 0 Å². The molecule has 0 aliphatic heterocycles. The summed E-state index contributed by atoms with van der Waals surface area (Å²) in [5, 5.41) is 23.7. The Morgan fingerprint density at radius 3 is 1.43 bits per heavy atom. The molecule has 3 N–H and O–H groups in total. The van der Waals surface area contributed by atoms with Crippen LogP contribution in [-0.2, 0) is 14.3 Å². The highest BCUT2D eigenvalue weighted by Gasteiger charge is 2.24. The first-order chi connectivity index (χ1) is 29.5. The third kappa shape index (κ3) is 42.3. The Morgan fingerprint density at radius 2 is 0.933 bits per heavy atom. The van der Waals surface area contributed by atoms with E-state index in [0.717, 1.165) is 64.2 Å². The van der Waals surface area contributed by atoms with Crippen LogP contribution in [0, 0.1) is 0 Å². The predicted molar refractivity (Wildman–Crippen MR) is 259 cm³/mol. The monoisotopic (exact) mass is 840 g/mol. The zero-order valence-corrected chi connectivity index (χ0v) is 39.6. The van der Waals surface area contributed by atoms with Crippen molar-refractivity contribution in [2.45, 2.75) is 264 Å². The molecule has 3 unspecified atom stereocenters. The number of unbranched alkanes of at least 4 members (excludes halogenated alkanes) is 26. The largest absolute Gasteiger partial charge is 0.462 e. The Hall–Kier alpha value is -2.44. The van der Waals surface area contributed by atoms with Gasteiger partial charge in [-0.15, -0.1) is 0 Å². The number of allylic oxidation sites excluding steroid dienone is 10. The zero-order chi connectivity index (χ0) is 43.8. The maximum absolute atomic E-state index is 13.2. The number of aliphatic hydroxyl groups is 2. The maximum Gasteiger partial charge on any atom is 0.306 e. The Labute approximate surface area is 371 Å². The van der Waals surface area contributed by atoms with Gasteiger partial charge in [-0.05, 0) is 64.2 Å². The van der Waals surface area contributed by atoms with E-state index in [-0.39, 0.29) is 24.9 Å². The molecule has 0 saturated heterocycles. The molecule has 1 amide bonds. The van der Waals surface area contributed by atoms with E-state index < -0.39 is 18.2 Å². The van der Waals surface area contributed by atoms with Gasteiger partial charge in [0.1, 0.15) is 6.10 Å². The fourth-order valence-corrected chi connectivity index (χ4v) is 7.56. The van der Waals surface area contributed by atoms with Gasteiger partial charge in [0.25, 0.3) is 0 Å². The van der Waals surface area contributed by atoms with Gasteiger partial charge in [0, 0.05) is 6.42 Å². The van der Waals surface area contributed by atoms with Crippen molar-refractivity contribution in [2.75, 3.05) is 6.61 Å². The molecule has 0 rings (SSSR count). The lowest BCUT2D eigenvalue weighted by Crippen LogP contribution is -2.46. The van der Waals surface area contributed by atoms with Gasteiger partial charge in [-0.1, -0.05) is 229 Å². The maximum atomic E-state index is 13.2. The number of rotatable bonds is 45. The molecule has 0 aliphatic rings. The van der Waals surface area contributed by atoms with Crippen LogP contribution in [0.15, 0.2) is 60.8 Å². The van der Waals surface area contributed by atoms with Gasteiger partial charge < -0.3 is 20.3 Å². The zero-order valence-electron chi connectivity index (χ0n) is 39.6. The molecule has 6 heteroatoms. The smallest absolute Gasteiger partial charge is 0.306 e. The summed E-state index contributed by atoms with van der Waals surface area (Å²) < 4.78 is 5.88. The molecule has 0 aromatic carbocycles. The quantitative estimate of drug-likeness (QED) is 0.0246. The van der Waals surface area contributed by atoms with E-state index in [2.05, 4.69) is 50.4 Å². The number of nitrogens with one attached hydrogen (secondary N) is 1. The Bertz CT molecular complexity index is 1080. The number of hydrogen-bond acceptors (Lipinski definition) is 5. The second-order valence-electron chi connectivity index (χ2n) is 17.3. The average Bonchev–Trinajstić information content (AvgIpc) is 3.24. The second-order valence-corrected chi connectivity index (χ2v) is 17.3. The lowest BCUT2D eigenvalue weighted by atomic mass is 10.0. The van der Waals surface area contributed by atoms with Gasteiger partial charge >= 0.3 is 5.97 Å². The van der Waals surface area contributed by atoms with Crippen LogP contribution in [0.1, 0.15) is 245 Å². The van der Waals surface area contributed by atoms with Crippen molar-refractivity contribution < 1.29 is 24.5 Å². The number of aliphatic hydroxyl groups excluding tert-OH is 2. The third-order valence-corrected chi connectivity index (χ3v) is 11.4. The minimum Gasteiger partial charge on any atom is -0.462 e. The summed E-state index contributed by atoms with van der Waals surface area (Å²) in [6.45, 7) is 6.32. The number of esters is 1. The Kier molecular flexibility index (Phi) is 45.7. The molecule has 0 bridgehead atoms. The molecule has 3 atom stereocenters. The first-order valence-electron chi connectivity index (χ1n) is 25.6. The summed E-state index contributed by atoms with van der Waals surface area (Å²) in [6, 6.07) is -0.724. The minimum absolute atomic E-state index is 0.0277. The lowest BCUT2D eigenvalue weighted by Gasteiger charge is -2.24. The number of ether oxygens (including phenoxy) is 1. The van der Waals surface area contributed by atoms with Crippen molar-refractivity contribution in [1.29, 1.82) is 0 Å². The minimum atomic E-state index is -0.806. The Balaban J connectivity index is 4.58. The normalized spacial score (nSPS) is 13.8. The van der Waals surface area contributed by atoms with Crippen molar-refractivity contribution in [3.8, 4) is 0 Å². The summed E-state index contributed by atoms with van der Waals surface area (Å²) >= 11 is 0. The van der Waals surface area contributed by atoms with Crippen LogP contribution in [0.4, 0.5) is 0 Å². The van der Waals surface area contributed by atoms with Gasteiger partial charge in [-0.25, -0.2) is 0 Å². The summed E-state index contributed by atoms with van der Waals surface area (Å²) in [6.07, 6.45) is 58.7. The van der Waals surface area contributed by atoms with E-state index in [1.165, 1.54) is 135 Å². The first kappa shape index (κ1) is 57.6. The van der Waals surface area contributed by atoms with Gasteiger partial charge in [-0.3, -0.25) is 9.59 Å². The fraction of sp³-hybridized carbons (Fsp3) is 0.778. The predicted octanol–water partition coefficient (Wildman–Crippen LogP) is 15.2. The molecule has 0 fully saturated rings. The highest BCUT2D eigenvalue weighted by molar-refractivity contribution is 5.77. The van der Waals surface area contributed by atoms with Gasteiger partial charge in [0.2, 0.25) is 5.91 Å². The molecule has 0 aliphatic carbocycles. The molecule has 0 saturated carbocycles. The summed E-state index contributed by atoms with van der Waals surface area (Å²) in [5.41, 5.74) is 0. The number of carbonyl (C=O) groups excluding carboxylic acids is 2. The molecule has 6 nitrogen and oxygen atoms in total. The van der Waals surface area contributed by atoms with Gasteiger partial charge in [0.15, 0.2) is 0 Å². The van der Waals surface area contributed by atoms with E-state index in [1.54, 1.807) is 0 Å². The molecular weight excluding hydrogens is 743 g/mol.